The fourth-order valence-corrected chi connectivity index (χ4v) is 5.97. The Morgan fingerprint density at radius 2 is 1.06 bits per heavy atom. The van der Waals surface area contributed by atoms with Gasteiger partial charge in [0.1, 0.15) is 53.5 Å². The van der Waals surface area contributed by atoms with Crippen molar-refractivity contribution < 1.29 is 33.5 Å². The number of aliphatic hydroxyl groups excluding tert-OH is 1. The summed E-state index contributed by atoms with van der Waals surface area (Å²) in [6, 6.07) is 32.8. The molecular weight excluding hydrogens is 616 g/mol. The summed E-state index contributed by atoms with van der Waals surface area (Å²) in [5.74, 6) is 3.27. The van der Waals surface area contributed by atoms with Gasteiger partial charge in [0.25, 0.3) is 0 Å². The maximum absolute atomic E-state index is 10.9. The minimum Gasteiger partial charge on any atom is -0.491 e. The summed E-state index contributed by atoms with van der Waals surface area (Å²) >= 11 is 0. The molecule has 0 aliphatic carbocycles. The molecule has 7 nitrogen and oxygen atoms in total. The van der Waals surface area contributed by atoms with Gasteiger partial charge in [-0.1, -0.05) is 55.5 Å². The number of hydrogen-bond donors (Lipinski definition) is 1. The Labute approximate surface area is 291 Å². The number of benzene rings is 4. The number of aliphatic hydroxyl groups is 1. The van der Waals surface area contributed by atoms with Gasteiger partial charge in [-0.25, -0.2) is 0 Å². The molecule has 6 rings (SSSR count). The highest BCUT2D eigenvalue weighted by atomic mass is 16.6. The third-order valence-corrected chi connectivity index (χ3v) is 9.09. The quantitative estimate of drug-likeness (QED) is 0.102. The molecule has 260 valence electrons. The van der Waals surface area contributed by atoms with E-state index >= 15 is 0 Å². The number of ether oxygens (including phenoxy) is 6. The first kappa shape index (κ1) is 34.8. The van der Waals surface area contributed by atoms with Crippen LogP contribution in [-0.4, -0.2) is 61.0 Å². The van der Waals surface area contributed by atoms with E-state index in [0.717, 1.165) is 61.9 Å². The van der Waals surface area contributed by atoms with E-state index in [9.17, 15) is 5.11 Å². The SMILES string of the molecule is CCC(C)(CC(O)COc1ccc(Cc2ccc(OC(C)(C)CC3CO3)cc2)cc1)Oc1ccc(Cc2ccc(OCC3CO3)cc2)cc1. The molecule has 0 amide bonds. The first-order valence-corrected chi connectivity index (χ1v) is 17.5. The van der Waals surface area contributed by atoms with Gasteiger partial charge in [0.2, 0.25) is 0 Å². The summed E-state index contributed by atoms with van der Waals surface area (Å²) < 4.78 is 34.9. The standard InChI is InChI=1S/C42H50O7/c1-5-42(4,49-38-20-12-33(13-21-38)23-31-8-16-36(17-9-31)45-28-40-29-47-40)24-34(43)26-44-35-14-6-30(7-15-35)22-32-10-18-37(19-11-32)48-41(2,3)25-39-27-46-39/h6-21,34,39-40,43H,5,22-29H2,1-4H3. The van der Waals surface area contributed by atoms with Crippen LogP contribution in [0.5, 0.6) is 23.0 Å². The molecule has 2 aliphatic rings. The van der Waals surface area contributed by atoms with E-state index in [1.807, 2.05) is 55.5 Å². The zero-order valence-electron chi connectivity index (χ0n) is 29.2. The summed E-state index contributed by atoms with van der Waals surface area (Å²) in [4.78, 5) is 0. The van der Waals surface area contributed by atoms with Crippen molar-refractivity contribution in [3.05, 3.63) is 119 Å². The van der Waals surface area contributed by atoms with Crippen LogP contribution in [0.3, 0.4) is 0 Å². The van der Waals surface area contributed by atoms with Gasteiger partial charge in [0, 0.05) is 12.8 Å². The number of hydrogen-bond acceptors (Lipinski definition) is 7. The molecule has 2 fully saturated rings. The molecule has 0 aromatic heterocycles. The van der Waals surface area contributed by atoms with E-state index in [4.69, 9.17) is 28.4 Å². The fraction of sp³-hybridized carbons (Fsp3) is 0.429. The van der Waals surface area contributed by atoms with Gasteiger partial charge >= 0.3 is 0 Å². The van der Waals surface area contributed by atoms with Crippen LogP contribution in [0.25, 0.3) is 0 Å². The van der Waals surface area contributed by atoms with E-state index < -0.39 is 11.7 Å². The van der Waals surface area contributed by atoms with Crippen molar-refractivity contribution in [3.8, 4) is 23.0 Å². The average molecular weight is 667 g/mol. The predicted octanol–water partition coefficient (Wildman–Crippen LogP) is 7.97. The Bertz CT molecular complexity index is 1590. The van der Waals surface area contributed by atoms with Gasteiger partial charge in [0.15, 0.2) is 0 Å². The summed E-state index contributed by atoms with van der Waals surface area (Å²) in [7, 11) is 0. The molecule has 0 spiro atoms. The monoisotopic (exact) mass is 666 g/mol. The van der Waals surface area contributed by atoms with Crippen molar-refractivity contribution in [3.63, 3.8) is 0 Å². The van der Waals surface area contributed by atoms with Gasteiger partial charge in [-0.15, -0.1) is 0 Å². The Morgan fingerprint density at radius 1 is 0.633 bits per heavy atom. The van der Waals surface area contributed by atoms with Gasteiger partial charge in [0.05, 0.1) is 25.4 Å². The molecule has 0 saturated carbocycles. The maximum Gasteiger partial charge on any atom is 0.120 e. The van der Waals surface area contributed by atoms with Crippen LogP contribution in [0.2, 0.25) is 0 Å². The molecular formula is C42H50O7. The zero-order valence-corrected chi connectivity index (χ0v) is 29.2. The van der Waals surface area contributed by atoms with Crippen LogP contribution in [0.4, 0.5) is 0 Å². The molecule has 49 heavy (non-hydrogen) atoms. The Morgan fingerprint density at radius 3 is 1.51 bits per heavy atom. The molecule has 7 heteroatoms. The number of rotatable bonds is 19. The summed E-state index contributed by atoms with van der Waals surface area (Å²) in [5.41, 5.74) is 4.04. The fourth-order valence-electron chi connectivity index (χ4n) is 5.97. The highest BCUT2D eigenvalue weighted by molar-refractivity contribution is 5.36. The highest BCUT2D eigenvalue weighted by Gasteiger charge is 2.33. The van der Waals surface area contributed by atoms with E-state index in [-0.39, 0.29) is 18.3 Å². The maximum atomic E-state index is 10.9. The Balaban J connectivity index is 0.925. The van der Waals surface area contributed by atoms with Crippen LogP contribution in [0.1, 0.15) is 69.2 Å². The second-order valence-electron chi connectivity index (χ2n) is 14.3. The second-order valence-corrected chi connectivity index (χ2v) is 14.3. The van der Waals surface area contributed by atoms with E-state index in [2.05, 4.69) is 69.3 Å². The van der Waals surface area contributed by atoms with Crippen molar-refractivity contribution >= 4 is 0 Å². The van der Waals surface area contributed by atoms with Crippen LogP contribution < -0.4 is 18.9 Å². The Kier molecular flexibility index (Phi) is 11.1. The zero-order chi connectivity index (χ0) is 34.3. The largest absolute Gasteiger partial charge is 0.491 e. The lowest BCUT2D eigenvalue weighted by atomic mass is 9.95. The first-order valence-electron chi connectivity index (χ1n) is 17.5. The lowest BCUT2D eigenvalue weighted by Crippen LogP contribution is -2.37. The molecule has 2 heterocycles. The third-order valence-electron chi connectivity index (χ3n) is 9.09. The highest BCUT2D eigenvalue weighted by Crippen LogP contribution is 2.29. The molecule has 2 saturated heterocycles. The molecule has 0 radical (unpaired) electrons. The third kappa shape index (κ3) is 11.2. The van der Waals surface area contributed by atoms with Crippen molar-refractivity contribution in [2.45, 2.75) is 89.3 Å². The molecule has 0 bridgehead atoms. The lowest BCUT2D eigenvalue weighted by Gasteiger charge is -2.31. The lowest BCUT2D eigenvalue weighted by molar-refractivity contribution is 0.00434. The normalized spacial score (nSPS) is 18.6. The summed E-state index contributed by atoms with van der Waals surface area (Å²) in [6.07, 6.45) is 3.66. The Hall–Kier alpha value is -4.04. The van der Waals surface area contributed by atoms with Crippen LogP contribution in [-0.2, 0) is 22.3 Å². The molecule has 4 unspecified atom stereocenters. The van der Waals surface area contributed by atoms with Crippen molar-refractivity contribution in [1.82, 2.24) is 0 Å². The van der Waals surface area contributed by atoms with E-state index in [1.54, 1.807) is 0 Å². The smallest absolute Gasteiger partial charge is 0.120 e. The van der Waals surface area contributed by atoms with Crippen LogP contribution in [0.15, 0.2) is 97.1 Å². The van der Waals surface area contributed by atoms with Crippen molar-refractivity contribution in [2.24, 2.45) is 0 Å². The predicted molar refractivity (Wildman–Crippen MR) is 191 cm³/mol. The van der Waals surface area contributed by atoms with E-state index in [1.165, 1.54) is 22.3 Å². The number of epoxide rings is 2. The average Bonchev–Trinajstić information content (AvgIpc) is 4.03. The minimum absolute atomic E-state index is 0.195. The molecule has 2 aliphatic heterocycles. The molecule has 4 atom stereocenters. The van der Waals surface area contributed by atoms with Crippen LogP contribution in [0, 0.1) is 0 Å². The van der Waals surface area contributed by atoms with E-state index in [0.29, 0.717) is 19.1 Å². The summed E-state index contributed by atoms with van der Waals surface area (Å²) in [5, 5.41) is 10.9. The molecule has 1 N–H and O–H groups in total. The van der Waals surface area contributed by atoms with Gasteiger partial charge in [-0.05, 0) is 111 Å². The van der Waals surface area contributed by atoms with Gasteiger partial charge in [-0.3, -0.25) is 0 Å². The van der Waals surface area contributed by atoms with Gasteiger partial charge < -0.3 is 33.5 Å². The molecule has 4 aromatic carbocycles. The topological polar surface area (TPSA) is 82.2 Å². The first-order chi connectivity index (χ1) is 23.6. The van der Waals surface area contributed by atoms with Crippen LogP contribution >= 0.6 is 0 Å². The second kappa shape index (κ2) is 15.7. The van der Waals surface area contributed by atoms with Crippen molar-refractivity contribution in [1.29, 1.82) is 0 Å². The summed E-state index contributed by atoms with van der Waals surface area (Å²) in [6.45, 7) is 10.8. The minimum atomic E-state index is -0.671. The molecule has 4 aromatic rings. The van der Waals surface area contributed by atoms with Crippen molar-refractivity contribution in [2.75, 3.05) is 26.4 Å². The van der Waals surface area contributed by atoms with Gasteiger partial charge in [-0.2, -0.15) is 0 Å².